The monoisotopic (exact) mass is 296 g/mol. The average molecular weight is 296 g/mol. The molecule has 1 fully saturated rings. The SMILES string of the molecule is Cn1nccc1CCNC(=O)NC1(C(=O)O)CCOCC1. The molecular formula is C13H20N4O4. The van der Waals surface area contributed by atoms with Gasteiger partial charge in [0.05, 0.1) is 0 Å². The van der Waals surface area contributed by atoms with Crippen LogP contribution in [0.15, 0.2) is 12.3 Å². The number of nitrogens with one attached hydrogen (secondary N) is 2. The summed E-state index contributed by atoms with van der Waals surface area (Å²) < 4.78 is 6.89. The number of carbonyl (C=O) groups excluding carboxylic acids is 1. The van der Waals surface area contributed by atoms with E-state index >= 15 is 0 Å². The minimum Gasteiger partial charge on any atom is -0.480 e. The predicted molar refractivity (Wildman–Crippen MR) is 73.9 cm³/mol. The molecule has 2 rings (SSSR count). The quantitative estimate of drug-likeness (QED) is 0.703. The van der Waals surface area contributed by atoms with Gasteiger partial charge >= 0.3 is 12.0 Å². The number of aromatic nitrogens is 2. The van der Waals surface area contributed by atoms with E-state index in [9.17, 15) is 14.7 Å². The van der Waals surface area contributed by atoms with Crippen LogP contribution in [-0.4, -0.2) is 52.2 Å². The number of urea groups is 1. The molecule has 0 unspecified atom stereocenters. The zero-order valence-corrected chi connectivity index (χ0v) is 12.0. The molecule has 0 radical (unpaired) electrons. The van der Waals surface area contributed by atoms with E-state index in [2.05, 4.69) is 15.7 Å². The van der Waals surface area contributed by atoms with Crippen molar-refractivity contribution >= 4 is 12.0 Å². The Morgan fingerprint density at radius 3 is 2.76 bits per heavy atom. The van der Waals surface area contributed by atoms with Crippen LogP contribution in [0.4, 0.5) is 4.79 Å². The molecule has 1 aromatic rings. The number of hydrogen-bond donors (Lipinski definition) is 3. The first-order chi connectivity index (χ1) is 10.0. The number of aliphatic carboxylic acids is 1. The van der Waals surface area contributed by atoms with Crippen molar-refractivity contribution in [1.29, 1.82) is 0 Å². The van der Waals surface area contributed by atoms with Crippen molar-refractivity contribution in [2.45, 2.75) is 24.8 Å². The summed E-state index contributed by atoms with van der Waals surface area (Å²) in [5.74, 6) is -1.02. The zero-order chi connectivity index (χ0) is 15.3. The number of aryl methyl sites for hydroxylation is 1. The van der Waals surface area contributed by atoms with E-state index in [1.807, 2.05) is 13.1 Å². The number of carboxylic acids is 1. The third-order valence-electron chi connectivity index (χ3n) is 3.70. The van der Waals surface area contributed by atoms with Gasteiger partial charge in [0, 0.05) is 58.0 Å². The molecule has 2 amide bonds. The minimum absolute atomic E-state index is 0.275. The van der Waals surface area contributed by atoms with Gasteiger partial charge in [-0.1, -0.05) is 0 Å². The normalized spacial score (nSPS) is 17.2. The number of rotatable bonds is 5. The number of carboxylic acid groups (broad SMARTS) is 1. The lowest BCUT2D eigenvalue weighted by molar-refractivity contribution is -0.148. The molecule has 8 nitrogen and oxygen atoms in total. The Labute approximate surface area is 122 Å². The minimum atomic E-state index is -1.23. The van der Waals surface area contributed by atoms with Gasteiger partial charge in [-0.3, -0.25) is 4.68 Å². The van der Waals surface area contributed by atoms with Gasteiger partial charge in [0.2, 0.25) is 0 Å². The van der Waals surface area contributed by atoms with Gasteiger partial charge in [0.25, 0.3) is 0 Å². The lowest BCUT2D eigenvalue weighted by Crippen LogP contribution is -2.59. The summed E-state index contributed by atoms with van der Waals surface area (Å²) in [6.45, 7) is 1.08. The first-order valence-electron chi connectivity index (χ1n) is 6.87. The molecule has 1 saturated heterocycles. The maximum atomic E-state index is 11.9. The highest BCUT2D eigenvalue weighted by Gasteiger charge is 2.41. The molecule has 1 aliphatic heterocycles. The molecule has 2 heterocycles. The van der Waals surface area contributed by atoms with Crippen molar-refractivity contribution in [3.05, 3.63) is 18.0 Å². The van der Waals surface area contributed by atoms with Gasteiger partial charge in [0.15, 0.2) is 0 Å². The Kier molecular flexibility index (Phi) is 4.79. The summed E-state index contributed by atoms with van der Waals surface area (Å²) >= 11 is 0. The Morgan fingerprint density at radius 1 is 1.48 bits per heavy atom. The van der Waals surface area contributed by atoms with Crippen LogP contribution in [-0.2, 0) is 23.0 Å². The Balaban J connectivity index is 1.82. The molecule has 0 saturated carbocycles. The third-order valence-corrected chi connectivity index (χ3v) is 3.70. The highest BCUT2D eigenvalue weighted by atomic mass is 16.5. The number of nitrogens with zero attached hydrogens (tertiary/aromatic N) is 2. The van der Waals surface area contributed by atoms with Crippen molar-refractivity contribution in [3.63, 3.8) is 0 Å². The first-order valence-corrected chi connectivity index (χ1v) is 6.87. The molecule has 0 aromatic carbocycles. The highest BCUT2D eigenvalue weighted by molar-refractivity contribution is 5.86. The lowest BCUT2D eigenvalue weighted by Gasteiger charge is -2.33. The molecule has 3 N–H and O–H groups in total. The van der Waals surface area contributed by atoms with E-state index in [0.29, 0.717) is 26.2 Å². The molecule has 116 valence electrons. The molecule has 0 bridgehead atoms. The van der Waals surface area contributed by atoms with E-state index in [-0.39, 0.29) is 12.8 Å². The third kappa shape index (κ3) is 3.72. The standard InChI is InChI=1S/C13H20N4O4/c1-17-10(3-7-15-17)2-6-14-12(20)16-13(11(18)19)4-8-21-9-5-13/h3,7H,2,4-6,8-9H2,1H3,(H,18,19)(H2,14,16,20). The molecule has 8 heteroatoms. The first kappa shape index (κ1) is 15.3. The molecule has 0 aliphatic carbocycles. The van der Waals surface area contributed by atoms with E-state index in [0.717, 1.165) is 5.69 Å². The molecule has 1 aromatic heterocycles. The van der Waals surface area contributed by atoms with E-state index < -0.39 is 17.5 Å². The van der Waals surface area contributed by atoms with Crippen LogP contribution in [0.25, 0.3) is 0 Å². The van der Waals surface area contributed by atoms with Crippen molar-refractivity contribution in [1.82, 2.24) is 20.4 Å². The van der Waals surface area contributed by atoms with Crippen LogP contribution in [0.2, 0.25) is 0 Å². The number of hydrogen-bond acceptors (Lipinski definition) is 4. The van der Waals surface area contributed by atoms with Crippen molar-refractivity contribution in [2.24, 2.45) is 7.05 Å². The second-order valence-electron chi connectivity index (χ2n) is 5.08. The second-order valence-corrected chi connectivity index (χ2v) is 5.08. The van der Waals surface area contributed by atoms with Crippen molar-refractivity contribution in [2.75, 3.05) is 19.8 Å². The topological polar surface area (TPSA) is 105 Å². The summed E-state index contributed by atoms with van der Waals surface area (Å²) in [7, 11) is 1.83. The van der Waals surface area contributed by atoms with Gasteiger partial charge in [0.1, 0.15) is 5.54 Å². The number of ether oxygens (including phenoxy) is 1. The molecule has 1 aliphatic rings. The summed E-state index contributed by atoms with van der Waals surface area (Å²) in [6, 6.07) is 1.40. The Hall–Kier alpha value is -2.09. The van der Waals surface area contributed by atoms with Gasteiger partial charge in [-0.15, -0.1) is 0 Å². The molecule has 0 atom stereocenters. The van der Waals surface area contributed by atoms with Crippen LogP contribution in [0.1, 0.15) is 18.5 Å². The lowest BCUT2D eigenvalue weighted by atomic mass is 9.90. The predicted octanol–water partition coefficient (Wildman–Crippen LogP) is -0.104. The second kappa shape index (κ2) is 6.57. The average Bonchev–Trinajstić information content (AvgIpc) is 2.85. The maximum absolute atomic E-state index is 11.9. The molecular weight excluding hydrogens is 276 g/mol. The van der Waals surface area contributed by atoms with Gasteiger partial charge in [-0.05, 0) is 6.07 Å². The smallest absolute Gasteiger partial charge is 0.329 e. The van der Waals surface area contributed by atoms with E-state index in [1.165, 1.54) is 0 Å². The summed E-state index contributed by atoms with van der Waals surface area (Å²) in [5.41, 5.74) is -0.233. The fourth-order valence-electron chi connectivity index (χ4n) is 2.32. The van der Waals surface area contributed by atoms with Crippen LogP contribution in [0, 0.1) is 0 Å². The van der Waals surface area contributed by atoms with Crippen LogP contribution in [0.5, 0.6) is 0 Å². The number of amides is 2. The molecule has 0 spiro atoms. The fraction of sp³-hybridized carbons (Fsp3) is 0.615. The Morgan fingerprint density at radius 2 is 2.19 bits per heavy atom. The largest absolute Gasteiger partial charge is 0.480 e. The summed E-state index contributed by atoms with van der Waals surface area (Å²) in [4.78, 5) is 23.3. The number of carbonyl (C=O) groups is 2. The summed E-state index contributed by atoms with van der Waals surface area (Å²) in [5, 5.41) is 18.6. The zero-order valence-electron chi connectivity index (χ0n) is 12.0. The van der Waals surface area contributed by atoms with Gasteiger partial charge < -0.3 is 20.5 Å². The van der Waals surface area contributed by atoms with E-state index in [4.69, 9.17) is 4.74 Å². The van der Waals surface area contributed by atoms with Crippen molar-refractivity contribution in [3.8, 4) is 0 Å². The van der Waals surface area contributed by atoms with Crippen LogP contribution >= 0.6 is 0 Å². The van der Waals surface area contributed by atoms with Crippen LogP contribution in [0.3, 0.4) is 0 Å². The van der Waals surface area contributed by atoms with Crippen LogP contribution < -0.4 is 10.6 Å². The van der Waals surface area contributed by atoms with Gasteiger partial charge in [-0.2, -0.15) is 5.10 Å². The van der Waals surface area contributed by atoms with E-state index in [1.54, 1.807) is 10.9 Å². The Bertz CT molecular complexity index is 508. The van der Waals surface area contributed by atoms with Crippen molar-refractivity contribution < 1.29 is 19.4 Å². The summed E-state index contributed by atoms with van der Waals surface area (Å²) in [6.07, 6.45) is 2.87. The highest BCUT2D eigenvalue weighted by Crippen LogP contribution is 2.20. The van der Waals surface area contributed by atoms with Gasteiger partial charge in [-0.25, -0.2) is 9.59 Å². The maximum Gasteiger partial charge on any atom is 0.329 e. The molecule has 21 heavy (non-hydrogen) atoms. The fourth-order valence-corrected chi connectivity index (χ4v) is 2.32.